The van der Waals surface area contributed by atoms with E-state index in [4.69, 9.17) is 0 Å². The van der Waals surface area contributed by atoms with Crippen molar-refractivity contribution in [2.24, 2.45) is 0 Å². The second-order valence-electron chi connectivity index (χ2n) is 6.30. The summed E-state index contributed by atoms with van der Waals surface area (Å²) < 4.78 is 23.3. The summed E-state index contributed by atoms with van der Waals surface area (Å²) in [6.45, 7) is 5.01. The van der Waals surface area contributed by atoms with E-state index < -0.39 is 20.5 Å². The molecule has 1 aliphatic rings. The molecule has 0 atom stereocenters. The van der Waals surface area contributed by atoms with Crippen molar-refractivity contribution in [2.45, 2.75) is 31.4 Å². The van der Waals surface area contributed by atoms with Gasteiger partial charge in [-0.2, -0.15) is 0 Å². The maximum atomic E-state index is 12.8. The van der Waals surface area contributed by atoms with Crippen molar-refractivity contribution in [3.63, 3.8) is 0 Å². The molecule has 2 N–H and O–H groups in total. The molecule has 0 spiro atoms. The SMILES string of the molecule is Cc1ccc(-c2nc(NC(=O)C3(S(C)(=O)=O)CCNCC3)sc2C)s1. The Labute approximate surface area is 155 Å². The second kappa shape index (κ2) is 6.79. The third-order valence-electron chi connectivity index (χ3n) is 4.53. The Bertz CT molecular complexity index is 893. The summed E-state index contributed by atoms with van der Waals surface area (Å²) in [4.78, 5) is 20.6. The lowest BCUT2D eigenvalue weighted by atomic mass is 9.96. The molecule has 0 aromatic carbocycles. The molecule has 0 aliphatic carbocycles. The molecule has 0 radical (unpaired) electrons. The highest BCUT2D eigenvalue weighted by Crippen LogP contribution is 2.36. The zero-order valence-corrected chi connectivity index (χ0v) is 16.8. The van der Waals surface area contributed by atoms with Gasteiger partial charge in [0.05, 0.1) is 10.6 Å². The van der Waals surface area contributed by atoms with Crippen molar-refractivity contribution in [1.29, 1.82) is 0 Å². The van der Waals surface area contributed by atoms with Crippen molar-refractivity contribution in [3.05, 3.63) is 21.9 Å². The highest BCUT2D eigenvalue weighted by molar-refractivity contribution is 7.92. The monoisotopic (exact) mass is 399 g/mol. The fraction of sp³-hybridized carbons (Fsp3) is 0.500. The van der Waals surface area contributed by atoms with Crippen LogP contribution < -0.4 is 10.6 Å². The molecule has 1 saturated heterocycles. The molecule has 2 aromatic heterocycles. The third-order valence-corrected chi connectivity index (χ3v) is 8.43. The number of carbonyl (C=O) groups excluding carboxylic acids is 1. The Balaban J connectivity index is 1.88. The summed E-state index contributed by atoms with van der Waals surface area (Å²) >= 11 is 3.02. The molecule has 3 rings (SSSR count). The van der Waals surface area contributed by atoms with Crippen LogP contribution in [0.1, 0.15) is 22.6 Å². The van der Waals surface area contributed by atoms with E-state index in [9.17, 15) is 13.2 Å². The zero-order chi connectivity index (χ0) is 18.2. The lowest BCUT2D eigenvalue weighted by molar-refractivity contribution is -0.119. The number of amides is 1. The minimum atomic E-state index is -3.53. The van der Waals surface area contributed by atoms with Gasteiger partial charge in [0.15, 0.2) is 19.7 Å². The van der Waals surface area contributed by atoms with E-state index in [0.29, 0.717) is 18.2 Å². The molecular weight excluding hydrogens is 378 g/mol. The van der Waals surface area contributed by atoms with E-state index in [1.54, 1.807) is 11.3 Å². The highest BCUT2D eigenvalue weighted by Gasteiger charge is 2.48. The number of sulfone groups is 1. The third kappa shape index (κ3) is 3.51. The first-order valence-corrected chi connectivity index (χ1v) is 11.5. The smallest absolute Gasteiger partial charge is 0.247 e. The maximum Gasteiger partial charge on any atom is 0.247 e. The zero-order valence-electron chi connectivity index (χ0n) is 14.4. The largest absolute Gasteiger partial charge is 0.317 e. The molecule has 0 bridgehead atoms. The number of piperidine rings is 1. The summed E-state index contributed by atoms with van der Waals surface area (Å²) in [5, 5.41) is 6.32. The Morgan fingerprint density at radius 2 is 1.92 bits per heavy atom. The van der Waals surface area contributed by atoms with Gasteiger partial charge in [-0.25, -0.2) is 13.4 Å². The van der Waals surface area contributed by atoms with Crippen molar-refractivity contribution < 1.29 is 13.2 Å². The van der Waals surface area contributed by atoms with Crippen molar-refractivity contribution in [1.82, 2.24) is 10.3 Å². The van der Waals surface area contributed by atoms with Crippen LogP contribution in [0.4, 0.5) is 5.13 Å². The summed E-state index contributed by atoms with van der Waals surface area (Å²) in [6, 6.07) is 4.04. The number of aromatic nitrogens is 1. The number of carbonyl (C=O) groups is 1. The van der Waals surface area contributed by atoms with Gasteiger partial charge in [0.1, 0.15) is 0 Å². The van der Waals surface area contributed by atoms with Gasteiger partial charge in [0.25, 0.3) is 0 Å². The molecule has 1 aliphatic heterocycles. The lowest BCUT2D eigenvalue weighted by Crippen LogP contribution is -2.55. The van der Waals surface area contributed by atoms with E-state index in [2.05, 4.69) is 15.6 Å². The van der Waals surface area contributed by atoms with Gasteiger partial charge in [-0.3, -0.25) is 4.79 Å². The van der Waals surface area contributed by atoms with Crippen LogP contribution in [0, 0.1) is 13.8 Å². The molecule has 0 saturated carbocycles. The number of aryl methyl sites for hydroxylation is 2. The number of thiazole rings is 1. The summed E-state index contributed by atoms with van der Waals surface area (Å²) in [6.07, 6.45) is 1.70. The molecular formula is C16H21N3O3S3. The average molecular weight is 400 g/mol. The van der Waals surface area contributed by atoms with Crippen LogP contribution in [0.3, 0.4) is 0 Å². The Morgan fingerprint density at radius 3 is 2.48 bits per heavy atom. The van der Waals surface area contributed by atoms with Gasteiger partial charge in [0.2, 0.25) is 5.91 Å². The Hall–Kier alpha value is -1.29. The second-order valence-corrected chi connectivity index (χ2v) is 11.1. The first kappa shape index (κ1) is 18.5. The van der Waals surface area contributed by atoms with Crippen LogP contribution in [-0.2, 0) is 14.6 Å². The highest BCUT2D eigenvalue weighted by atomic mass is 32.2. The number of hydrogen-bond donors (Lipinski definition) is 2. The van der Waals surface area contributed by atoms with Gasteiger partial charge >= 0.3 is 0 Å². The predicted octanol–water partition coefficient (Wildman–Crippen LogP) is 2.59. The predicted molar refractivity (Wildman–Crippen MR) is 103 cm³/mol. The van der Waals surface area contributed by atoms with Gasteiger partial charge < -0.3 is 10.6 Å². The van der Waals surface area contributed by atoms with Crippen LogP contribution in [0.5, 0.6) is 0 Å². The number of thiophene rings is 1. The van der Waals surface area contributed by atoms with E-state index in [-0.39, 0.29) is 12.8 Å². The number of anilines is 1. The van der Waals surface area contributed by atoms with Crippen molar-refractivity contribution in [3.8, 4) is 10.6 Å². The van der Waals surface area contributed by atoms with Crippen molar-refractivity contribution >= 4 is 43.5 Å². The first-order valence-electron chi connectivity index (χ1n) is 7.99. The summed E-state index contributed by atoms with van der Waals surface area (Å²) in [7, 11) is -3.53. The van der Waals surface area contributed by atoms with Gasteiger partial charge in [-0.15, -0.1) is 22.7 Å². The minimum Gasteiger partial charge on any atom is -0.317 e. The summed E-state index contributed by atoms with van der Waals surface area (Å²) in [5.74, 6) is -0.473. The Morgan fingerprint density at radius 1 is 1.24 bits per heavy atom. The number of nitrogens with one attached hydrogen (secondary N) is 2. The lowest BCUT2D eigenvalue weighted by Gasteiger charge is -2.33. The minimum absolute atomic E-state index is 0.277. The molecule has 3 heterocycles. The van der Waals surface area contributed by atoms with Crippen LogP contribution in [0.15, 0.2) is 12.1 Å². The quantitative estimate of drug-likeness (QED) is 0.825. The first-order chi connectivity index (χ1) is 11.7. The molecule has 1 amide bonds. The molecule has 0 unspecified atom stereocenters. The van der Waals surface area contributed by atoms with E-state index in [0.717, 1.165) is 21.7 Å². The molecule has 1 fully saturated rings. The molecule has 6 nitrogen and oxygen atoms in total. The van der Waals surface area contributed by atoms with Crippen LogP contribution >= 0.6 is 22.7 Å². The standard InChI is InChI=1S/C16H21N3O3S3/c1-10-4-5-12(23-10)13-11(2)24-15(18-13)19-14(20)16(25(3,21)22)6-8-17-9-7-16/h4-5,17H,6-9H2,1-3H3,(H,18,19,20). The fourth-order valence-corrected chi connectivity index (χ4v) is 6.18. The summed E-state index contributed by atoms with van der Waals surface area (Å²) in [5.41, 5.74) is 0.845. The van der Waals surface area contributed by atoms with E-state index >= 15 is 0 Å². The molecule has 25 heavy (non-hydrogen) atoms. The van der Waals surface area contributed by atoms with Gasteiger partial charge in [-0.05, 0) is 51.9 Å². The van der Waals surface area contributed by atoms with Gasteiger partial charge in [0, 0.05) is 16.0 Å². The fourth-order valence-electron chi connectivity index (χ4n) is 3.05. The van der Waals surface area contributed by atoms with E-state index in [1.165, 1.54) is 16.2 Å². The molecule has 136 valence electrons. The normalized spacial score (nSPS) is 17.4. The van der Waals surface area contributed by atoms with Crippen LogP contribution in [0.25, 0.3) is 10.6 Å². The van der Waals surface area contributed by atoms with Gasteiger partial charge in [-0.1, -0.05) is 0 Å². The van der Waals surface area contributed by atoms with Crippen LogP contribution in [0.2, 0.25) is 0 Å². The maximum absolute atomic E-state index is 12.8. The Kier molecular flexibility index (Phi) is 5.02. The van der Waals surface area contributed by atoms with Crippen LogP contribution in [-0.4, -0.2) is 43.4 Å². The molecule has 9 heteroatoms. The average Bonchev–Trinajstić information content (AvgIpc) is 3.12. The topological polar surface area (TPSA) is 88.2 Å². The van der Waals surface area contributed by atoms with Crippen molar-refractivity contribution in [2.75, 3.05) is 24.7 Å². The number of hydrogen-bond acceptors (Lipinski definition) is 7. The molecule has 2 aromatic rings. The number of rotatable bonds is 4. The number of nitrogens with zero attached hydrogens (tertiary/aromatic N) is 1. The van der Waals surface area contributed by atoms with E-state index in [1.807, 2.05) is 26.0 Å².